The van der Waals surface area contributed by atoms with Crippen LogP contribution in [-0.2, 0) is 9.59 Å². The van der Waals surface area contributed by atoms with Crippen molar-refractivity contribution in [3.8, 4) is 0 Å². The average molecular weight is 282 g/mol. The van der Waals surface area contributed by atoms with Gasteiger partial charge in [0.2, 0.25) is 11.8 Å². The highest BCUT2D eigenvalue weighted by Gasteiger charge is 2.34. The standard InChI is InChI=1S/C13H16ClN3O2/c1-8(15)12(18)16-10-6-7-17(13(10)19)11-5-3-2-4-9(11)14/h2-5,8,10H,6-7,15H2,1H3,(H,16,18)/t8-,10?/m1/s1. The summed E-state index contributed by atoms with van der Waals surface area (Å²) in [5.74, 6) is -0.471. The molecular formula is C13H16ClN3O2. The summed E-state index contributed by atoms with van der Waals surface area (Å²) in [5, 5.41) is 3.17. The second-order valence-electron chi connectivity index (χ2n) is 4.58. The van der Waals surface area contributed by atoms with Crippen molar-refractivity contribution in [1.82, 2.24) is 5.32 Å². The van der Waals surface area contributed by atoms with Crippen LogP contribution in [-0.4, -0.2) is 30.4 Å². The first kappa shape index (κ1) is 13.8. The van der Waals surface area contributed by atoms with Crippen LogP contribution in [0, 0.1) is 0 Å². The number of nitrogens with two attached hydrogens (primary N) is 1. The highest BCUT2D eigenvalue weighted by atomic mass is 35.5. The minimum absolute atomic E-state index is 0.151. The van der Waals surface area contributed by atoms with Gasteiger partial charge in [-0.15, -0.1) is 0 Å². The fourth-order valence-electron chi connectivity index (χ4n) is 2.03. The van der Waals surface area contributed by atoms with Crippen molar-refractivity contribution in [2.75, 3.05) is 11.4 Å². The zero-order valence-electron chi connectivity index (χ0n) is 10.6. The van der Waals surface area contributed by atoms with E-state index >= 15 is 0 Å². The molecule has 2 rings (SSSR count). The van der Waals surface area contributed by atoms with E-state index in [-0.39, 0.29) is 11.8 Å². The lowest BCUT2D eigenvalue weighted by molar-refractivity contribution is -0.127. The molecule has 1 unspecified atom stereocenters. The Morgan fingerprint density at radius 2 is 2.21 bits per heavy atom. The Bertz CT molecular complexity index is 504. The number of nitrogens with one attached hydrogen (secondary N) is 1. The first-order valence-electron chi connectivity index (χ1n) is 6.12. The molecule has 1 aromatic rings. The molecule has 102 valence electrons. The molecule has 5 nitrogen and oxygen atoms in total. The molecule has 6 heteroatoms. The average Bonchev–Trinajstić information content (AvgIpc) is 2.72. The Balaban J connectivity index is 2.10. The van der Waals surface area contributed by atoms with Gasteiger partial charge in [-0.1, -0.05) is 23.7 Å². The number of anilines is 1. The molecule has 0 radical (unpaired) electrons. The van der Waals surface area contributed by atoms with Gasteiger partial charge in [0.05, 0.1) is 16.8 Å². The Hall–Kier alpha value is -1.59. The van der Waals surface area contributed by atoms with E-state index in [1.807, 2.05) is 12.1 Å². The Kier molecular flexibility index (Phi) is 4.07. The summed E-state index contributed by atoms with van der Waals surface area (Å²) >= 11 is 6.07. The van der Waals surface area contributed by atoms with Gasteiger partial charge >= 0.3 is 0 Å². The van der Waals surface area contributed by atoms with Gasteiger partial charge in [-0.2, -0.15) is 0 Å². The van der Waals surface area contributed by atoms with Crippen molar-refractivity contribution in [3.63, 3.8) is 0 Å². The van der Waals surface area contributed by atoms with Gasteiger partial charge in [0.15, 0.2) is 0 Å². The molecule has 2 amide bonds. The predicted octanol–water partition coefficient (Wildman–Crippen LogP) is 0.909. The fourth-order valence-corrected chi connectivity index (χ4v) is 2.26. The van der Waals surface area contributed by atoms with Crippen molar-refractivity contribution in [2.45, 2.75) is 25.4 Å². The number of rotatable bonds is 3. The van der Waals surface area contributed by atoms with Crippen molar-refractivity contribution < 1.29 is 9.59 Å². The minimum Gasteiger partial charge on any atom is -0.343 e. The van der Waals surface area contributed by atoms with E-state index in [4.69, 9.17) is 17.3 Å². The summed E-state index contributed by atoms with van der Waals surface area (Å²) in [6, 6.07) is 6.01. The molecule has 1 aliphatic rings. The van der Waals surface area contributed by atoms with Gasteiger partial charge in [0.25, 0.3) is 0 Å². The maximum absolute atomic E-state index is 12.2. The van der Waals surface area contributed by atoms with Crippen LogP contribution in [0.25, 0.3) is 0 Å². The van der Waals surface area contributed by atoms with E-state index in [2.05, 4.69) is 5.32 Å². The topological polar surface area (TPSA) is 75.4 Å². The number of carbonyl (C=O) groups is 2. The van der Waals surface area contributed by atoms with E-state index in [1.54, 1.807) is 24.0 Å². The predicted molar refractivity (Wildman–Crippen MR) is 74.0 cm³/mol. The number of halogens is 1. The third-order valence-corrected chi connectivity index (χ3v) is 3.40. The normalized spacial score (nSPS) is 20.5. The summed E-state index contributed by atoms with van der Waals surface area (Å²) in [6.45, 7) is 2.12. The van der Waals surface area contributed by atoms with Crippen LogP contribution in [0.15, 0.2) is 24.3 Å². The van der Waals surface area contributed by atoms with Crippen LogP contribution >= 0.6 is 11.6 Å². The monoisotopic (exact) mass is 281 g/mol. The van der Waals surface area contributed by atoms with E-state index in [0.717, 1.165) is 0 Å². The third-order valence-electron chi connectivity index (χ3n) is 3.08. The van der Waals surface area contributed by atoms with Crippen LogP contribution in [0.4, 0.5) is 5.69 Å². The highest BCUT2D eigenvalue weighted by Crippen LogP contribution is 2.28. The summed E-state index contributed by atoms with van der Waals surface area (Å²) in [6.07, 6.45) is 0.558. The summed E-state index contributed by atoms with van der Waals surface area (Å²) < 4.78 is 0. The lowest BCUT2D eigenvalue weighted by Crippen LogP contribution is -2.47. The summed E-state index contributed by atoms with van der Waals surface area (Å²) in [7, 11) is 0. The molecule has 19 heavy (non-hydrogen) atoms. The molecule has 0 spiro atoms. The van der Waals surface area contributed by atoms with Gasteiger partial charge in [-0.3, -0.25) is 9.59 Å². The van der Waals surface area contributed by atoms with Gasteiger partial charge < -0.3 is 16.0 Å². The minimum atomic E-state index is -0.623. The number of benzene rings is 1. The van der Waals surface area contributed by atoms with E-state index < -0.39 is 12.1 Å². The molecule has 1 saturated heterocycles. The van der Waals surface area contributed by atoms with Crippen LogP contribution in [0.1, 0.15) is 13.3 Å². The van der Waals surface area contributed by atoms with E-state index in [0.29, 0.717) is 23.7 Å². The van der Waals surface area contributed by atoms with E-state index in [1.165, 1.54) is 0 Å². The zero-order chi connectivity index (χ0) is 14.0. The molecule has 0 bridgehead atoms. The number of carbonyl (C=O) groups excluding carboxylic acids is 2. The van der Waals surface area contributed by atoms with Crippen molar-refractivity contribution >= 4 is 29.1 Å². The third kappa shape index (κ3) is 2.88. The molecule has 0 saturated carbocycles. The highest BCUT2D eigenvalue weighted by molar-refractivity contribution is 6.34. The second kappa shape index (κ2) is 5.59. The first-order valence-corrected chi connectivity index (χ1v) is 6.50. The van der Waals surface area contributed by atoms with E-state index in [9.17, 15) is 9.59 Å². The summed E-state index contributed by atoms with van der Waals surface area (Å²) in [4.78, 5) is 25.3. The molecular weight excluding hydrogens is 266 g/mol. The van der Waals surface area contributed by atoms with Crippen LogP contribution in [0.3, 0.4) is 0 Å². The molecule has 1 aliphatic heterocycles. The SMILES string of the molecule is C[C@@H](N)C(=O)NC1CCN(c2ccccc2Cl)C1=O. The number of hydrogen-bond acceptors (Lipinski definition) is 3. The van der Waals surface area contributed by atoms with Gasteiger partial charge in [-0.05, 0) is 25.5 Å². The van der Waals surface area contributed by atoms with Gasteiger partial charge in [0, 0.05) is 6.54 Å². The number of para-hydroxylation sites is 1. The van der Waals surface area contributed by atoms with Gasteiger partial charge in [-0.25, -0.2) is 0 Å². The molecule has 3 N–H and O–H groups in total. The molecule has 1 heterocycles. The lowest BCUT2D eigenvalue weighted by atomic mass is 10.2. The molecule has 1 aromatic carbocycles. The number of amides is 2. The lowest BCUT2D eigenvalue weighted by Gasteiger charge is -2.18. The Morgan fingerprint density at radius 1 is 1.53 bits per heavy atom. The molecule has 1 fully saturated rings. The van der Waals surface area contributed by atoms with Crippen molar-refractivity contribution in [3.05, 3.63) is 29.3 Å². The zero-order valence-corrected chi connectivity index (χ0v) is 11.4. The number of nitrogens with zero attached hydrogens (tertiary/aromatic N) is 1. The van der Waals surface area contributed by atoms with Crippen LogP contribution in [0.5, 0.6) is 0 Å². The maximum Gasteiger partial charge on any atom is 0.249 e. The second-order valence-corrected chi connectivity index (χ2v) is 4.99. The summed E-state index contributed by atoms with van der Waals surface area (Å²) in [5.41, 5.74) is 6.14. The maximum atomic E-state index is 12.2. The quantitative estimate of drug-likeness (QED) is 0.865. The largest absolute Gasteiger partial charge is 0.343 e. The Labute approximate surface area is 116 Å². The number of hydrogen-bond donors (Lipinski definition) is 2. The van der Waals surface area contributed by atoms with Crippen molar-refractivity contribution in [1.29, 1.82) is 0 Å². The van der Waals surface area contributed by atoms with Crippen LogP contribution in [0.2, 0.25) is 5.02 Å². The first-order chi connectivity index (χ1) is 9.00. The Morgan fingerprint density at radius 3 is 2.84 bits per heavy atom. The molecule has 2 atom stereocenters. The fraction of sp³-hybridized carbons (Fsp3) is 0.385. The van der Waals surface area contributed by atoms with Crippen LogP contribution < -0.4 is 16.0 Å². The smallest absolute Gasteiger partial charge is 0.249 e. The molecule has 0 aliphatic carbocycles. The molecule has 0 aromatic heterocycles. The van der Waals surface area contributed by atoms with Crippen molar-refractivity contribution in [2.24, 2.45) is 5.73 Å². The van der Waals surface area contributed by atoms with Gasteiger partial charge in [0.1, 0.15) is 6.04 Å².